The van der Waals surface area contributed by atoms with Crippen molar-refractivity contribution in [3.63, 3.8) is 0 Å². The lowest BCUT2D eigenvalue weighted by Gasteiger charge is -2.30. The predicted octanol–water partition coefficient (Wildman–Crippen LogP) is 5.82. The Bertz CT molecular complexity index is 889. The highest BCUT2D eigenvalue weighted by Crippen LogP contribution is 2.43. The zero-order chi connectivity index (χ0) is 19.8. The van der Waals surface area contributed by atoms with Crippen LogP contribution in [0.4, 0.5) is 13.2 Å². The predicted molar refractivity (Wildman–Crippen MR) is 98.1 cm³/mol. The average Bonchev–Trinajstić information content (AvgIpc) is 2.72. The normalized spacial score (nSPS) is 21.0. The summed E-state index contributed by atoms with van der Waals surface area (Å²) in [5, 5.41) is 0. The molecular weight excluding hydrogens is 369 g/mol. The maximum absolute atomic E-state index is 14.8. The molecule has 0 unspecified atom stereocenters. The van der Waals surface area contributed by atoms with E-state index in [-0.39, 0.29) is 29.4 Å². The zero-order valence-corrected chi connectivity index (χ0v) is 16.0. The van der Waals surface area contributed by atoms with E-state index in [1.54, 1.807) is 12.1 Å². The van der Waals surface area contributed by atoms with E-state index in [0.29, 0.717) is 36.3 Å². The van der Waals surface area contributed by atoms with E-state index in [9.17, 15) is 13.2 Å². The van der Waals surface area contributed by atoms with Gasteiger partial charge >= 0.3 is 0 Å². The van der Waals surface area contributed by atoms with Crippen LogP contribution in [0.15, 0.2) is 18.2 Å². The van der Waals surface area contributed by atoms with Crippen LogP contribution in [0.1, 0.15) is 55.2 Å². The van der Waals surface area contributed by atoms with Gasteiger partial charge in [0.25, 0.3) is 0 Å². The summed E-state index contributed by atoms with van der Waals surface area (Å²) in [6.45, 7) is 4.84. The topological polar surface area (TPSA) is 27.7 Å². The molecule has 0 radical (unpaired) electrons. The second kappa shape index (κ2) is 7.76. The summed E-state index contributed by atoms with van der Waals surface area (Å²) in [6.07, 6.45) is 1.53. The van der Waals surface area contributed by atoms with Gasteiger partial charge in [0.15, 0.2) is 29.4 Å². The van der Waals surface area contributed by atoms with E-state index >= 15 is 0 Å². The van der Waals surface area contributed by atoms with Crippen molar-refractivity contribution in [3.05, 3.63) is 57.9 Å². The van der Waals surface area contributed by atoms with Crippen molar-refractivity contribution < 1.29 is 27.4 Å². The molecule has 0 aliphatic carbocycles. The van der Waals surface area contributed by atoms with Crippen LogP contribution in [0.2, 0.25) is 0 Å². The number of benzene rings is 2. The standard InChI is InChI=1S/C22H23F3O3/c1-3-5-13-6-7-14-8-15-9-16(22-26-10-12(4-2)11-27-22)18(24)19(25)21(15)28-20(14)17(13)23/h6-7,9,12,22H,3-5,8,10-11H2,1-2H3. The van der Waals surface area contributed by atoms with Crippen LogP contribution in [0.5, 0.6) is 11.5 Å². The van der Waals surface area contributed by atoms with E-state index in [1.165, 1.54) is 6.07 Å². The number of fused-ring (bicyclic) bond motifs is 2. The summed E-state index contributed by atoms with van der Waals surface area (Å²) in [4.78, 5) is 0. The van der Waals surface area contributed by atoms with E-state index in [0.717, 1.165) is 12.8 Å². The molecule has 1 fully saturated rings. The fraction of sp³-hybridized carbons (Fsp3) is 0.455. The van der Waals surface area contributed by atoms with Gasteiger partial charge in [-0.25, -0.2) is 8.78 Å². The van der Waals surface area contributed by atoms with Crippen molar-refractivity contribution in [2.45, 2.75) is 45.8 Å². The Kier molecular flexibility index (Phi) is 5.34. The summed E-state index contributed by atoms with van der Waals surface area (Å²) in [5.74, 6) is -2.74. The van der Waals surface area contributed by atoms with Gasteiger partial charge in [-0.3, -0.25) is 0 Å². The van der Waals surface area contributed by atoms with Crippen LogP contribution in [-0.2, 0) is 22.3 Å². The molecule has 2 aliphatic heterocycles. The maximum atomic E-state index is 14.8. The van der Waals surface area contributed by atoms with Crippen LogP contribution in [-0.4, -0.2) is 13.2 Å². The highest BCUT2D eigenvalue weighted by atomic mass is 19.2. The van der Waals surface area contributed by atoms with E-state index < -0.39 is 23.7 Å². The number of ether oxygens (including phenoxy) is 3. The molecule has 0 aromatic heterocycles. The number of halogens is 3. The number of hydrogen-bond donors (Lipinski definition) is 0. The Balaban J connectivity index is 1.67. The first-order chi connectivity index (χ1) is 13.5. The Labute approximate surface area is 162 Å². The quantitative estimate of drug-likeness (QED) is 0.560. The molecule has 28 heavy (non-hydrogen) atoms. The van der Waals surface area contributed by atoms with Crippen molar-refractivity contribution >= 4 is 0 Å². The molecule has 2 aromatic rings. The maximum Gasteiger partial charge on any atom is 0.202 e. The van der Waals surface area contributed by atoms with Crippen molar-refractivity contribution in [1.29, 1.82) is 0 Å². The molecule has 4 rings (SSSR count). The number of rotatable bonds is 4. The lowest BCUT2D eigenvalue weighted by Crippen LogP contribution is -2.27. The molecular formula is C22H23F3O3. The minimum atomic E-state index is -1.14. The van der Waals surface area contributed by atoms with Gasteiger partial charge < -0.3 is 14.2 Å². The monoisotopic (exact) mass is 392 g/mol. The second-order valence-corrected chi connectivity index (χ2v) is 7.41. The van der Waals surface area contributed by atoms with Gasteiger partial charge in [0.1, 0.15) is 0 Å². The summed E-state index contributed by atoms with van der Waals surface area (Å²) in [6, 6.07) is 5.02. The Morgan fingerprint density at radius 2 is 1.64 bits per heavy atom. The third kappa shape index (κ3) is 3.29. The first-order valence-corrected chi connectivity index (χ1v) is 9.75. The minimum absolute atomic E-state index is 0.0135. The molecule has 2 aromatic carbocycles. The summed E-state index contributed by atoms with van der Waals surface area (Å²) >= 11 is 0. The first kappa shape index (κ1) is 19.3. The minimum Gasteiger partial charge on any atom is -0.450 e. The Morgan fingerprint density at radius 1 is 0.929 bits per heavy atom. The fourth-order valence-corrected chi connectivity index (χ4v) is 3.71. The van der Waals surface area contributed by atoms with Crippen molar-refractivity contribution in [3.8, 4) is 11.5 Å². The third-order valence-electron chi connectivity index (χ3n) is 5.43. The molecule has 1 saturated heterocycles. The first-order valence-electron chi connectivity index (χ1n) is 9.75. The van der Waals surface area contributed by atoms with Gasteiger partial charge in [-0.2, -0.15) is 4.39 Å². The van der Waals surface area contributed by atoms with Crippen molar-refractivity contribution in [1.82, 2.24) is 0 Å². The lowest BCUT2D eigenvalue weighted by atomic mass is 9.95. The molecule has 0 N–H and O–H groups in total. The van der Waals surface area contributed by atoms with Gasteiger partial charge in [0, 0.05) is 29.0 Å². The van der Waals surface area contributed by atoms with Gasteiger partial charge in [0.2, 0.25) is 5.82 Å². The van der Waals surface area contributed by atoms with Gasteiger partial charge in [0.05, 0.1) is 13.2 Å². The zero-order valence-electron chi connectivity index (χ0n) is 16.0. The highest BCUT2D eigenvalue weighted by Gasteiger charge is 2.32. The van der Waals surface area contributed by atoms with Gasteiger partial charge in [-0.15, -0.1) is 0 Å². The highest BCUT2D eigenvalue weighted by molar-refractivity contribution is 5.53. The molecule has 6 heteroatoms. The van der Waals surface area contributed by atoms with Crippen LogP contribution in [0, 0.1) is 23.4 Å². The summed E-state index contributed by atoms with van der Waals surface area (Å²) < 4.78 is 60.9. The summed E-state index contributed by atoms with van der Waals surface area (Å²) in [5.41, 5.74) is 1.59. The van der Waals surface area contributed by atoms with Crippen LogP contribution < -0.4 is 4.74 Å². The molecule has 0 bridgehead atoms. The van der Waals surface area contributed by atoms with E-state index in [2.05, 4.69) is 0 Å². The molecule has 150 valence electrons. The van der Waals surface area contributed by atoms with Gasteiger partial charge in [-0.05, 0) is 24.5 Å². The third-order valence-corrected chi connectivity index (χ3v) is 5.43. The number of hydrogen-bond acceptors (Lipinski definition) is 3. The van der Waals surface area contributed by atoms with E-state index in [1.807, 2.05) is 13.8 Å². The molecule has 2 heterocycles. The SMILES string of the molecule is CCCc1ccc2c(c1F)Oc1c(cc(C3OCC(CC)CO3)c(F)c1F)C2. The molecule has 3 nitrogen and oxygen atoms in total. The van der Waals surface area contributed by atoms with Crippen LogP contribution >= 0.6 is 0 Å². The van der Waals surface area contributed by atoms with Crippen molar-refractivity contribution in [2.75, 3.05) is 13.2 Å². The molecule has 0 saturated carbocycles. The number of aryl methyl sites for hydroxylation is 1. The second-order valence-electron chi connectivity index (χ2n) is 7.41. The average molecular weight is 392 g/mol. The van der Waals surface area contributed by atoms with Gasteiger partial charge in [-0.1, -0.05) is 32.4 Å². The Morgan fingerprint density at radius 3 is 2.32 bits per heavy atom. The van der Waals surface area contributed by atoms with Crippen LogP contribution in [0.25, 0.3) is 0 Å². The Hall–Kier alpha value is -2.05. The summed E-state index contributed by atoms with van der Waals surface area (Å²) in [7, 11) is 0. The smallest absolute Gasteiger partial charge is 0.202 e. The van der Waals surface area contributed by atoms with E-state index in [4.69, 9.17) is 14.2 Å². The van der Waals surface area contributed by atoms with Crippen molar-refractivity contribution in [2.24, 2.45) is 5.92 Å². The fourth-order valence-electron chi connectivity index (χ4n) is 3.71. The lowest BCUT2D eigenvalue weighted by molar-refractivity contribution is -0.206. The molecule has 0 atom stereocenters. The molecule has 0 amide bonds. The molecule has 0 spiro atoms. The van der Waals surface area contributed by atoms with Crippen LogP contribution in [0.3, 0.4) is 0 Å². The molecule has 2 aliphatic rings. The largest absolute Gasteiger partial charge is 0.450 e.